The Morgan fingerprint density at radius 1 is 1.39 bits per heavy atom. The summed E-state index contributed by atoms with van der Waals surface area (Å²) in [6.07, 6.45) is 0. The summed E-state index contributed by atoms with van der Waals surface area (Å²) in [6, 6.07) is 6.10. The Bertz CT molecular complexity index is 690. The second kappa shape index (κ2) is 4.23. The zero-order valence-corrected chi connectivity index (χ0v) is 9.61. The molecule has 0 saturated carbocycles. The first kappa shape index (κ1) is 10.9. The smallest absolute Gasteiger partial charge is 0.163 e. The summed E-state index contributed by atoms with van der Waals surface area (Å²) in [7, 11) is 1.58. The fraction of sp³-hybridized carbons (Fsp3) is 0.167. The minimum Gasteiger partial charge on any atom is -0.377 e. The molecule has 0 unspecified atom stereocenters. The molecule has 0 spiro atoms. The van der Waals surface area contributed by atoms with E-state index < -0.39 is 0 Å². The van der Waals surface area contributed by atoms with Gasteiger partial charge in [-0.25, -0.2) is 9.37 Å². The van der Waals surface area contributed by atoms with Gasteiger partial charge in [-0.1, -0.05) is 5.16 Å². The highest BCUT2D eigenvalue weighted by atomic mass is 19.1. The highest BCUT2D eigenvalue weighted by molar-refractivity contribution is 5.78. The third kappa shape index (κ3) is 1.86. The van der Waals surface area contributed by atoms with Crippen molar-refractivity contribution in [3.63, 3.8) is 0 Å². The van der Waals surface area contributed by atoms with Crippen LogP contribution in [0.5, 0.6) is 0 Å². The van der Waals surface area contributed by atoms with Crippen molar-refractivity contribution >= 4 is 11.0 Å². The van der Waals surface area contributed by atoms with Crippen molar-refractivity contribution in [1.82, 2.24) is 15.1 Å². The average molecular weight is 247 g/mol. The van der Waals surface area contributed by atoms with E-state index >= 15 is 0 Å². The van der Waals surface area contributed by atoms with Gasteiger partial charge in [0.2, 0.25) is 0 Å². The summed E-state index contributed by atoms with van der Waals surface area (Å²) in [4.78, 5) is 7.31. The van der Waals surface area contributed by atoms with E-state index in [1.165, 1.54) is 12.1 Å². The topological polar surface area (TPSA) is 63.9 Å². The predicted octanol–water partition coefficient (Wildman–Crippen LogP) is 2.50. The average Bonchev–Trinajstić information content (AvgIpc) is 2.94. The molecule has 0 amide bonds. The van der Waals surface area contributed by atoms with E-state index in [1.807, 2.05) is 0 Å². The predicted molar refractivity (Wildman–Crippen MR) is 62.3 cm³/mol. The molecule has 0 saturated heterocycles. The van der Waals surface area contributed by atoms with Crippen LogP contribution in [0.25, 0.3) is 22.6 Å². The fourth-order valence-corrected chi connectivity index (χ4v) is 1.74. The van der Waals surface area contributed by atoms with Crippen LogP contribution in [-0.2, 0) is 11.3 Å². The summed E-state index contributed by atoms with van der Waals surface area (Å²) in [5, 5.41) is 3.88. The lowest BCUT2D eigenvalue weighted by atomic mass is 10.3. The highest BCUT2D eigenvalue weighted by Gasteiger charge is 2.11. The van der Waals surface area contributed by atoms with Crippen molar-refractivity contribution in [3.8, 4) is 11.5 Å². The molecule has 0 bridgehead atoms. The van der Waals surface area contributed by atoms with Crippen LogP contribution in [0.15, 0.2) is 28.8 Å². The standard InChI is InChI=1S/C12H10FN3O2/c1-17-6-8-5-11(16-18-8)12-14-9-3-2-7(13)4-10(9)15-12/h2-5H,6H2,1H3,(H,14,15). The number of ether oxygens (including phenoxy) is 1. The lowest BCUT2D eigenvalue weighted by Gasteiger charge is -1.87. The van der Waals surface area contributed by atoms with E-state index in [0.717, 1.165) is 0 Å². The van der Waals surface area contributed by atoms with Crippen molar-refractivity contribution in [2.75, 3.05) is 7.11 Å². The molecule has 1 aromatic carbocycles. The SMILES string of the molecule is COCc1cc(-c2nc3ccc(F)cc3[nH]2)no1. The number of rotatable bonds is 3. The van der Waals surface area contributed by atoms with E-state index in [1.54, 1.807) is 19.2 Å². The second-order valence-electron chi connectivity index (χ2n) is 3.86. The van der Waals surface area contributed by atoms with Crippen molar-refractivity contribution in [3.05, 3.63) is 35.8 Å². The van der Waals surface area contributed by atoms with Gasteiger partial charge in [-0.3, -0.25) is 0 Å². The van der Waals surface area contributed by atoms with Gasteiger partial charge in [0.25, 0.3) is 0 Å². The summed E-state index contributed by atoms with van der Waals surface area (Å²) < 4.78 is 23.1. The van der Waals surface area contributed by atoms with E-state index in [0.29, 0.717) is 34.9 Å². The number of benzene rings is 1. The van der Waals surface area contributed by atoms with Crippen molar-refractivity contribution in [1.29, 1.82) is 0 Å². The van der Waals surface area contributed by atoms with Crippen LogP contribution < -0.4 is 0 Å². The molecule has 0 atom stereocenters. The third-order valence-electron chi connectivity index (χ3n) is 2.53. The van der Waals surface area contributed by atoms with Crippen LogP contribution in [0.1, 0.15) is 5.76 Å². The van der Waals surface area contributed by atoms with Crippen LogP contribution in [0.4, 0.5) is 4.39 Å². The Labute approximate surface area is 102 Å². The van der Waals surface area contributed by atoms with Gasteiger partial charge in [-0.15, -0.1) is 0 Å². The first-order valence-electron chi connectivity index (χ1n) is 5.36. The van der Waals surface area contributed by atoms with Gasteiger partial charge >= 0.3 is 0 Å². The van der Waals surface area contributed by atoms with Crippen LogP contribution >= 0.6 is 0 Å². The van der Waals surface area contributed by atoms with Gasteiger partial charge < -0.3 is 14.2 Å². The Kier molecular flexibility index (Phi) is 2.56. The number of fused-ring (bicyclic) bond motifs is 1. The zero-order valence-electron chi connectivity index (χ0n) is 9.61. The number of H-pyrrole nitrogens is 1. The van der Waals surface area contributed by atoms with Crippen molar-refractivity contribution < 1.29 is 13.7 Å². The minimum atomic E-state index is -0.307. The van der Waals surface area contributed by atoms with Gasteiger partial charge in [-0.05, 0) is 18.2 Å². The molecule has 0 aliphatic heterocycles. The Balaban J connectivity index is 2.02. The molecule has 92 valence electrons. The number of nitrogens with one attached hydrogen (secondary N) is 1. The fourth-order valence-electron chi connectivity index (χ4n) is 1.74. The number of aromatic amines is 1. The summed E-state index contributed by atoms with van der Waals surface area (Å²) in [5.41, 5.74) is 1.88. The van der Waals surface area contributed by atoms with Crippen molar-refractivity contribution in [2.45, 2.75) is 6.61 Å². The number of imidazole rings is 1. The maximum atomic E-state index is 13.1. The number of hydrogen-bond acceptors (Lipinski definition) is 4. The Morgan fingerprint density at radius 3 is 3.11 bits per heavy atom. The number of hydrogen-bond donors (Lipinski definition) is 1. The largest absolute Gasteiger partial charge is 0.377 e. The molecule has 6 heteroatoms. The maximum Gasteiger partial charge on any atom is 0.163 e. The summed E-state index contributed by atoms with van der Waals surface area (Å²) >= 11 is 0. The molecular formula is C12H10FN3O2. The minimum absolute atomic E-state index is 0.307. The number of nitrogens with zero attached hydrogens (tertiary/aromatic N) is 2. The molecule has 18 heavy (non-hydrogen) atoms. The van der Waals surface area contributed by atoms with E-state index in [4.69, 9.17) is 9.26 Å². The molecule has 0 fully saturated rings. The normalized spacial score (nSPS) is 11.2. The van der Waals surface area contributed by atoms with Crippen molar-refractivity contribution in [2.24, 2.45) is 0 Å². The lowest BCUT2D eigenvalue weighted by molar-refractivity contribution is 0.156. The first-order chi connectivity index (χ1) is 8.76. The van der Waals surface area contributed by atoms with E-state index in [9.17, 15) is 4.39 Å². The van der Waals surface area contributed by atoms with Crippen LogP contribution in [0.3, 0.4) is 0 Å². The van der Waals surface area contributed by atoms with Crippen LogP contribution in [0.2, 0.25) is 0 Å². The monoisotopic (exact) mass is 247 g/mol. The Hall–Kier alpha value is -2.21. The van der Waals surface area contributed by atoms with Gasteiger partial charge in [-0.2, -0.15) is 0 Å². The van der Waals surface area contributed by atoms with E-state index in [2.05, 4.69) is 15.1 Å². The third-order valence-corrected chi connectivity index (χ3v) is 2.53. The molecular weight excluding hydrogens is 237 g/mol. The maximum absolute atomic E-state index is 13.1. The first-order valence-corrected chi connectivity index (χ1v) is 5.36. The molecule has 0 radical (unpaired) electrons. The zero-order chi connectivity index (χ0) is 12.5. The quantitative estimate of drug-likeness (QED) is 0.772. The van der Waals surface area contributed by atoms with Crippen LogP contribution in [0, 0.1) is 5.82 Å². The van der Waals surface area contributed by atoms with Gasteiger partial charge in [0, 0.05) is 13.2 Å². The second-order valence-corrected chi connectivity index (χ2v) is 3.86. The number of methoxy groups -OCH3 is 1. The number of halogens is 1. The molecule has 1 N–H and O–H groups in total. The Morgan fingerprint density at radius 2 is 2.28 bits per heavy atom. The van der Waals surface area contributed by atoms with Gasteiger partial charge in [0.15, 0.2) is 11.6 Å². The van der Waals surface area contributed by atoms with Crippen LogP contribution in [-0.4, -0.2) is 22.2 Å². The molecule has 2 heterocycles. The molecule has 3 rings (SSSR count). The molecule has 2 aromatic heterocycles. The molecule has 0 aliphatic carbocycles. The van der Waals surface area contributed by atoms with Gasteiger partial charge in [0.1, 0.15) is 18.1 Å². The lowest BCUT2D eigenvalue weighted by Crippen LogP contribution is -1.82. The summed E-state index contributed by atoms with van der Waals surface area (Å²) in [5.74, 6) is 0.846. The number of aromatic nitrogens is 3. The molecule has 0 aliphatic rings. The van der Waals surface area contributed by atoms with E-state index in [-0.39, 0.29) is 5.82 Å². The molecule has 5 nitrogen and oxygen atoms in total. The molecule has 3 aromatic rings. The van der Waals surface area contributed by atoms with Gasteiger partial charge in [0.05, 0.1) is 11.0 Å². The summed E-state index contributed by atoms with van der Waals surface area (Å²) in [6.45, 7) is 0.349. The highest BCUT2D eigenvalue weighted by Crippen LogP contribution is 2.21.